The average Bonchev–Trinajstić information content (AvgIpc) is 2.99. The second kappa shape index (κ2) is 9.54. The molecule has 0 unspecified atom stereocenters. The number of amides is 2. The first-order chi connectivity index (χ1) is 15.0. The van der Waals surface area contributed by atoms with Crippen LogP contribution in [0.1, 0.15) is 42.3 Å². The standard InChI is InChI=1S/C23H22N2O5S2/c1-23(2,3)16-9-7-15(8-10-16)20(28)24-25-21(29)18(32-22(25)31)12-14-5-4-6-17(11-14)30-13-19(26)27/h4-12H,13H2,1-3H3,(H,24,28)(H,26,27)/b18-12+. The Hall–Kier alpha value is -3.17. The zero-order chi connectivity index (χ0) is 23.5. The zero-order valence-electron chi connectivity index (χ0n) is 17.7. The number of hydrogen-bond donors (Lipinski definition) is 2. The molecule has 0 spiro atoms. The van der Waals surface area contributed by atoms with Crippen LogP contribution in [0.5, 0.6) is 5.75 Å². The predicted octanol–water partition coefficient (Wildman–Crippen LogP) is 3.99. The van der Waals surface area contributed by atoms with E-state index in [2.05, 4.69) is 26.2 Å². The first-order valence-electron chi connectivity index (χ1n) is 9.69. The minimum Gasteiger partial charge on any atom is -0.482 e. The van der Waals surface area contributed by atoms with Gasteiger partial charge in [0, 0.05) is 5.56 Å². The van der Waals surface area contributed by atoms with E-state index in [1.165, 1.54) is 0 Å². The highest BCUT2D eigenvalue weighted by Gasteiger charge is 2.33. The van der Waals surface area contributed by atoms with Crippen molar-refractivity contribution < 1.29 is 24.2 Å². The molecular weight excluding hydrogens is 448 g/mol. The number of benzene rings is 2. The monoisotopic (exact) mass is 470 g/mol. The van der Waals surface area contributed by atoms with E-state index < -0.39 is 24.4 Å². The maximum absolute atomic E-state index is 12.8. The summed E-state index contributed by atoms with van der Waals surface area (Å²) in [5.74, 6) is -1.60. The first-order valence-corrected chi connectivity index (χ1v) is 10.9. The third-order valence-electron chi connectivity index (χ3n) is 4.54. The van der Waals surface area contributed by atoms with Gasteiger partial charge in [-0.25, -0.2) is 4.79 Å². The van der Waals surface area contributed by atoms with Crippen molar-refractivity contribution in [3.63, 3.8) is 0 Å². The zero-order valence-corrected chi connectivity index (χ0v) is 19.4. The molecule has 2 aromatic carbocycles. The number of nitrogens with one attached hydrogen (secondary N) is 1. The molecule has 166 valence electrons. The third kappa shape index (κ3) is 5.74. The molecule has 0 radical (unpaired) electrons. The Morgan fingerprint density at radius 3 is 2.50 bits per heavy atom. The minimum atomic E-state index is -1.08. The summed E-state index contributed by atoms with van der Waals surface area (Å²) in [7, 11) is 0. The van der Waals surface area contributed by atoms with Crippen LogP contribution in [-0.2, 0) is 15.0 Å². The summed E-state index contributed by atoms with van der Waals surface area (Å²) < 4.78 is 5.37. The number of rotatable bonds is 6. The van der Waals surface area contributed by atoms with Crippen molar-refractivity contribution in [3.8, 4) is 5.75 Å². The number of ether oxygens (including phenoxy) is 1. The topological polar surface area (TPSA) is 95.9 Å². The summed E-state index contributed by atoms with van der Waals surface area (Å²) in [6.07, 6.45) is 1.61. The van der Waals surface area contributed by atoms with Gasteiger partial charge in [-0.2, -0.15) is 5.01 Å². The fraction of sp³-hybridized carbons (Fsp3) is 0.217. The van der Waals surface area contributed by atoms with Crippen molar-refractivity contribution >= 4 is 52.2 Å². The fourth-order valence-electron chi connectivity index (χ4n) is 2.84. The van der Waals surface area contributed by atoms with Crippen molar-refractivity contribution in [3.05, 3.63) is 70.1 Å². The van der Waals surface area contributed by atoms with E-state index in [0.29, 0.717) is 21.8 Å². The Morgan fingerprint density at radius 2 is 1.88 bits per heavy atom. The Balaban J connectivity index is 1.71. The van der Waals surface area contributed by atoms with E-state index in [-0.39, 0.29) is 9.74 Å². The molecule has 1 heterocycles. The molecule has 2 N–H and O–H groups in total. The number of carboxylic acids is 1. The van der Waals surface area contributed by atoms with Crippen LogP contribution in [0.2, 0.25) is 0 Å². The third-order valence-corrected chi connectivity index (χ3v) is 5.84. The fourth-order valence-corrected chi connectivity index (χ4v) is 4.02. The molecule has 2 amide bonds. The number of hydrogen-bond acceptors (Lipinski definition) is 6. The molecule has 1 fully saturated rings. The summed E-state index contributed by atoms with van der Waals surface area (Å²) in [4.78, 5) is 36.4. The highest BCUT2D eigenvalue weighted by molar-refractivity contribution is 8.26. The Bertz CT molecular complexity index is 1100. The first kappa shape index (κ1) is 23.5. The molecule has 0 aliphatic carbocycles. The van der Waals surface area contributed by atoms with Crippen molar-refractivity contribution in [2.24, 2.45) is 0 Å². The highest BCUT2D eigenvalue weighted by Crippen LogP contribution is 2.32. The Labute approximate surface area is 195 Å². The molecule has 0 saturated carbocycles. The largest absolute Gasteiger partial charge is 0.482 e. The molecule has 9 heteroatoms. The van der Waals surface area contributed by atoms with Crippen LogP contribution in [0.4, 0.5) is 0 Å². The van der Waals surface area contributed by atoms with Crippen molar-refractivity contribution in [1.82, 2.24) is 10.4 Å². The molecule has 2 aromatic rings. The van der Waals surface area contributed by atoms with Crippen LogP contribution < -0.4 is 10.2 Å². The van der Waals surface area contributed by atoms with Crippen LogP contribution in [0.3, 0.4) is 0 Å². The lowest BCUT2D eigenvalue weighted by Crippen LogP contribution is -2.44. The lowest BCUT2D eigenvalue weighted by atomic mass is 9.87. The van der Waals surface area contributed by atoms with Gasteiger partial charge in [0.1, 0.15) is 5.75 Å². The number of hydrazine groups is 1. The summed E-state index contributed by atoms with van der Waals surface area (Å²) in [5.41, 5.74) is 4.68. The molecule has 1 saturated heterocycles. The summed E-state index contributed by atoms with van der Waals surface area (Å²) in [5, 5.41) is 9.78. The Kier molecular flexibility index (Phi) is 7.00. The van der Waals surface area contributed by atoms with Crippen molar-refractivity contribution in [1.29, 1.82) is 0 Å². The lowest BCUT2D eigenvalue weighted by Gasteiger charge is -2.19. The van der Waals surface area contributed by atoms with Gasteiger partial charge in [-0.15, -0.1) is 0 Å². The highest BCUT2D eigenvalue weighted by atomic mass is 32.2. The molecule has 0 atom stereocenters. The van der Waals surface area contributed by atoms with E-state index >= 15 is 0 Å². The van der Waals surface area contributed by atoms with E-state index in [1.54, 1.807) is 42.5 Å². The number of nitrogens with zero attached hydrogens (tertiary/aromatic N) is 1. The molecule has 7 nitrogen and oxygen atoms in total. The maximum Gasteiger partial charge on any atom is 0.341 e. The molecule has 1 aliphatic rings. The van der Waals surface area contributed by atoms with E-state index in [9.17, 15) is 14.4 Å². The van der Waals surface area contributed by atoms with E-state index in [4.69, 9.17) is 22.1 Å². The molecular formula is C23H22N2O5S2. The van der Waals surface area contributed by atoms with Crippen LogP contribution >= 0.6 is 24.0 Å². The smallest absolute Gasteiger partial charge is 0.341 e. The number of thiocarbonyl (C=S) groups is 1. The van der Waals surface area contributed by atoms with Gasteiger partial charge in [-0.1, -0.05) is 56.8 Å². The van der Waals surface area contributed by atoms with Gasteiger partial charge in [0.05, 0.1) is 4.91 Å². The van der Waals surface area contributed by atoms with Crippen LogP contribution in [-0.4, -0.2) is 38.8 Å². The van der Waals surface area contributed by atoms with Gasteiger partial charge < -0.3 is 9.84 Å². The van der Waals surface area contributed by atoms with E-state index in [1.807, 2.05) is 12.1 Å². The van der Waals surface area contributed by atoms with Gasteiger partial charge in [0.2, 0.25) is 0 Å². The van der Waals surface area contributed by atoms with Crippen molar-refractivity contribution in [2.45, 2.75) is 26.2 Å². The number of aliphatic carboxylic acids is 1. The quantitative estimate of drug-likeness (QED) is 0.487. The number of carbonyl (C=O) groups excluding carboxylic acids is 2. The predicted molar refractivity (Wildman–Crippen MR) is 127 cm³/mol. The van der Waals surface area contributed by atoms with Crippen LogP contribution in [0, 0.1) is 0 Å². The van der Waals surface area contributed by atoms with Gasteiger partial charge in [0.15, 0.2) is 10.9 Å². The summed E-state index contributed by atoms with van der Waals surface area (Å²) in [6, 6.07) is 13.9. The molecule has 1 aliphatic heterocycles. The molecule has 3 rings (SSSR count). The van der Waals surface area contributed by atoms with E-state index in [0.717, 1.165) is 22.3 Å². The lowest BCUT2D eigenvalue weighted by molar-refractivity contribution is -0.139. The maximum atomic E-state index is 12.8. The SMILES string of the molecule is CC(C)(C)c1ccc(C(=O)NN2C(=O)/C(=C\c3cccc(OCC(=O)O)c3)SC2=S)cc1. The second-order valence-corrected chi connectivity index (χ2v) is 9.72. The summed E-state index contributed by atoms with van der Waals surface area (Å²) >= 11 is 6.33. The normalized spacial score (nSPS) is 15.2. The molecule has 0 bridgehead atoms. The van der Waals surface area contributed by atoms with Gasteiger partial charge in [-0.3, -0.25) is 15.0 Å². The van der Waals surface area contributed by atoms with Gasteiger partial charge >= 0.3 is 5.97 Å². The van der Waals surface area contributed by atoms with Gasteiger partial charge in [0.25, 0.3) is 11.8 Å². The average molecular weight is 471 g/mol. The Morgan fingerprint density at radius 1 is 1.19 bits per heavy atom. The summed E-state index contributed by atoms with van der Waals surface area (Å²) in [6.45, 7) is 5.79. The van der Waals surface area contributed by atoms with Crippen LogP contribution in [0.15, 0.2) is 53.4 Å². The molecule has 32 heavy (non-hydrogen) atoms. The number of carbonyl (C=O) groups is 3. The number of thioether (sulfide) groups is 1. The molecule has 0 aromatic heterocycles. The van der Waals surface area contributed by atoms with Crippen LogP contribution in [0.25, 0.3) is 6.08 Å². The minimum absolute atomic E-state index is 0.0339. The van der Waals surface area contributed by atoms with Crippen molar-refractivity contribution in [2.75, 3.05) is 6.61 Å². The second-order valence-electron chi connectivity index (χ2n) is 8.04. The van der Waals surface area contributed by atoms with Gasteiger partial charge in [-0.05, 0) is 59.1 Å². The number of carboxylic acid groups (broad SMARTS) is 1.